The number of ether oxygens (including phenoxy) is 3. The summed E-state index contributed by atoms with van der Waals surface area (Å²) in [5.41, 5.74) is 0. The van der Waals surface area contributed by atoms with Gasteiger partial charge in [0.15, 0.2) is 0 Å². The quantitative estimate of drug-likeness (QED) is 0.358. The smallest absolute Gasteiger partial charge is 0.331 e. The van der Waals surface area contributed by atoms with Gasteiger partial charge in [0.25, 0.3) is 0 Å². The van der Waals surface area contributed by atoms with Gasteiger partial charge in [-0.25, -0.2) is 4.79 Å². The minimum Gasteiger partial charge on any atom is -0.460 e. The van der Waals surface area contributed by atoms with Crippen molar-refractivity contribution in [3.63, 3.8) is 0 Å². The Labute approximate surface area is 134 Å². The fourth-order valence-corrected chi connectivity index (χ4v) is 2.09. The Balaban J connectivity index is 3.01. The minimum absolute atomic E-state index is 0.0251. The number of hydrogen-bond donors (Lipinski definition) is 1. The molecule has 0 saturated carbocycles. The molecule has 128 valence electrons. The van der Waals surface area contributed by atoms with Gasteiger partial charge in [-0.3, -0.25) is 9.59 Å². The standard InChI is InChI=1S/C16H22O7/c1-4-5-14(18)23-13-7-6-10(2)21-15(19)9-8-12(16(13)20)22-11(3)17/h4-7,10,12-13,16,20H,8-9H2,1-3H3/b5-4+,7-6?/t10-,12+,13?,16+/m1/s1. The van der Waals surface area contributed by atoms with Crippen molar-refractivity contribution >= 4 is 17.9 Å². The average molecular weight is 326 g/mol. The Kier molecular flexibility index (Phi) is 7.47. The van der Waals surface area contributed by atoms with Gasteiger partial charge >= 0.3 is 17.9 Å². The summed E-state index contributed by atoms with van der Waals surface area (Å²) in [4.78, 5) is 34.4. The first-order valence-corrected chi connectivity index (χ1v) is 7.40. The number of allylic oxidation sites excluding steroid dienone is 1. The van der Waals surface area contributed by atoms with Crippen LogP contribution in [0.2, 0.25) is 0 Å². The van der Waals surface area contributed by atoms with E-state index in [-0.39, 0.29) is 12.8 Å². The third-order valence-corrected chi connectivity index (χ3v) is 3.11. The zero-order valence-electron chi connectivity index (χ0n) is 13.4. The lowest BCUT2D eigenvalue weighted by atomic mass is 10.0. The molecule has 0 spiro atoms. The van der Waals surface area contributed by atoms with Crippen LogP contribution in [0.25, 0.3) is 0 Å². The molecule has 7 nitrogen and oxygen atoms in total. The van der Waals surface area contributed by atoms with Crippen LogP contribution in [0.4, 0.5) is 0 Å². The van der Waals surface area contributed by atoms with Gasteiger partial charge in [-0.2, -0.15) is 0 Å². The van der Waals surface area contributed by atoms with E-state index in [9.17, 15) is 19.5 Å². The maximum Gasteiger partial charge on any atom is 0.331 e. The van der Waals surface area contributed by atoms with E-state index in [1.54, 1.807) is 13.8 Å². The number of rotatable bonds is 3. The van der Waals surface area contributed by atoms with Gasteiger partial charge in [0.2, 0.25) is 0 Å². The molecule has 1 unspecified atom stereocenters. The van der Waals surface area contributed by atoms with Gasteiger partial charge in [0.05, 0.1) is 0 Å². The van der Waals surface area contributed by atoms with E-state index in [1.165, 1.54) is 31.2 Å². The third-order valence-electron chi connectivity index (χ3n) is 3.11. The summed E-state index contributed by atoms with van der Waals surface area (Å²) in [6.07, 6.45) is 1.86. The summed E-state index contributed by atoms with van der Waals surface area (Å²) in [7, 11) is 0. The Bertz CT molecular complexity index is 495. The molecule has 0 aromatic rings. The first-order chi connectivity index (χ1) is 10.8. The number of aliphatic hydroxyl groups excluding tert-OH is 1. The fourth-order valence-electron chi connectivity index (χ4n) is 2.09. The van der Waals surface area contributed by atoms with Crippen LogP contribution in [-0.2, 0) is 28.6 Å². The molecule has 0 fully saturated rings. The molecule has 1 rings (SSSR count). The molecule has 4 atom stereocenters. The Morgan fingerprint density at radius 1 is 1.35 bits per heavy atom. The average Bonchev–Trinajstić information content (AvgIpc) is 2.46. The lowest BCUT2D eigenvalue weighted by molar-refractivity contribution is -0.165. The zero-order valence-corrected chi connectivity index (χ0v) is 13.4. The van der Waals surface area contributed by atoms with Crippen LogP contribution in [-0.4, -0.2) is 47.4 Å². The number of esters is 3. The first-order valence-electron chi connectivity index (χ1n) is 7.40. The highest BCUT2D eigenvalue weighted by molar-refractivity contribution is 5.82. The van der Waals surface area contributed by atoms with E-state index in [0.717, 1.165) is 0 Å². The molecule has 23 heavy (non-hydrogen) atoms. The molecule has 0 saturated heterocycles. The van der Waals surface area contributed by atoms with Crippen LogP contribution < -0.4 is 0 Å². The largest absolute Gasteiger partial charge is 0.460 e. The molecule has 1 heterocycles. The lowest BCUT2D eigenvalue weighted by Crippen LogP contribution is -2.42. The Hall–Kier alpha value is -2.15. The molecule has 0 amide bonds. The summed E-state index contributed by atoms with van der Waals surface area (Å²) < 4.78 is 15.3. The zero-order chi connectivity index (χ0) is 17.4. The van der Waals surface area contributed by atoms with Gasteiger partial charge < -0.3 is 19.3 Å². The number of aliphatic hydroxyl groups is 1. The highest BCUT2D eigenvalue weighted by Gasteiger charge is 2.32. The molecular formula is C16H22O7. The van der Waals surface area contributed by atoms with Crippen molar-refractivity contribution in [3.05, 3.63) is 24.3 Å². The van der Waals surface area contributed by atoms with Gasteiger partial charge in [-0.15, -0.1) is 0 Å². The van der Waals surface area contributed by atoms with Gasteiger partial charge in [-0.05, 0) is 32.4 Å². The molecule has 0 aliphatic carbocycles. The van der Waals surface area contributed by atoms with E-state index in [0.29, 0.717) is 0 Å². The number of carbonyl (C=O) groups is 3. The molecule has 0 bridgehead atoms. The van der Waals surface area contributed by atoms with Crippen LogP contribution >= 0.6 is 0 Å². The second-order valence-corrected chi connectivity index (χ2v) is 5.16. The van der Waals surface area contributed by atoms with Crippen molar-refractivity contribution in [3.8, 4) is 0 Å². The van der Waals surface area contributed by atoms with Crippen molar-refractivity contribution in [2.24, 2.45) is 0 Å². The van der Waals surface area contributed by atoms with Crippen LogP contribution in [0.1, 0.15) is 33.6 Å². The summed E-state index contributed by atoms with van der Waals surface area (Å²) in [6, 6.07) is 0. The van der Waals surface area contributed by atoms with Crippen molar-refractivity contribution < 1.29 is 33.7 Å². The minimum atomic E-state index is -1.29. The summed E-state index contributed by atoms with van der Waals surface area (Å²) in [5.74, 6) is -1.70. The molecule has 1 N–H and O–H groups in total. The predicted octanol–water partition coefficient (Wildman–Crippen LogP) is 1.05. The SMILES string of the molecule is C/C=C/C(=O)OC1C=C[C@@H](C)OC(=O)CC[C@H](OC(C)=O)[C@@H]1O. The summed E-state index contributed by atoms with van der Waals surface area (Å²) >= 11 is 0. The highest BCUT2D eigenvalue weighted by Crippen LogP contribution is 2.18. The lowest BCUT2D eigenvalue weighted by Gasteiger charge is -2.28. The van der Waals surface area contributed by atoms with E-state index >= 15 is 0 Å². The number of cyclic esters (lactones) is 1. The van der Waals surface area contributed by atoms with Crippen LogP contribution in [0.5, 0.6) is 0 Å². The topological polar surface area (TPSA) is 99.1 Å². The molecule has 0 radical (unpaired) electrons. The van der Waals surface area contributed by atoms with E-state index in [4.69, 9.17) is 14.2 Å². The summed E-state index contributed by atoms with van der Waals surface area (Å²) in [6.45, 7) is 4.50. The maximum atomic E-state index is 11.6. The predicted molar refractivity (Wildman–Crippen MR) is 80.2 cm³/mol. The van der Waals surface area contributed by atoms with Crippen LogP contribution in [0.3, 0.4) is 0 Å². The second-order valence-electron chi connectivity index (χ2n) is 5.16. The first kappa shape index (κ1) is 18.9. The van der Waals surface area contributed by atoms with Gasteiger partial charge in [0, 0.05) is 19.4 Å². The van der Waals surface area contributed by atoms with Gasteiger partial charge in [0.1, 0.15) is 24.4 Å². The van der Waals surface area contributed by atoms with Crippen LogP contribution in [0.15, 0.2) is 24.3 Å². The molecule has 0 aromatic carbocycles. The second kappa shape index (κ2) is 9.09. The third kappa shape index (κ3) is 6.65. The van der Waals surface area contributed by atoms with Crippen LogP contribution in [0, 0.1) is 0 Å². The fraction of sp³-hybridized carbons (Fsp3) is 0.562. The molecule has 0 aromatic heterocycles. The normalized spacial score (nSPS) is 29.0. The highest BCUT2D eigenvalue weighted by atomic mass is 16.6. The van der Waals surface area contributed by atoms with Crippen molar-refractivity contribution in [2.75, 3.05) is 0 Å². The number of carbonyl (C=O) groups excluding carboxylic acids is 3. The van der Waals surface area contributed by atoms with E-state index in [2.05, 4.69) is 0 Å². The van der Waals surface area contributed by atoms with Crippen molar-refractivity contribution in [1.29, 1.82) is 0 Å². The summed E-state index contributed by atoms with van der Waals surface area (Å²) in [5, 5.41) is 10.4. The van der Waals surface area contributed by atoms with Gasteiger partial charge in [-0.1, -0.05) is 6.08 Å². The molecule has 1 aliphatic rings. The van der Waals surface area contributed by atoms with Crippen molar-refractivity contribution in [2.45, 2.75) is 58.0 Å². The Morgan fingerprint density at radius 2 is 2.04 bits per heavy atom. The monoisotopic (exact) mass is 326 g/mol. The number of hydrogen-bond acceptors (Lipinski definition) is 7. The molecule has 1 aliphatic heterocycles. The maximum absolute atomic E-state index is 11.6. The van der Waals surface area contributed by atoms with E-state index in [1.807, 2.05) is 0 Å². The van der Waals surface area contributed by atoms with Crippen molar-refractivity contribution in [1.82, 2.24) is 0 Å². The molecule has 7 heteroatoms. The Morgan fingerprint density at radius 3 is 2.65 bits per heavy atom. The van der Waals surface area contributed by atoms with E-state index < -0.39 is 42.3 Å². The molecular weight excluding hydrogens is 304 g/mol.